The van der Waals surface area contributed by atoms with Crippen LogP contribution >= 0.6 is 15.6 Å². The van der Waals surface area contributed by atoms with E-state index in [1.165, 1.54) is 0 Å². The van der Waals surface area contributed by atoms with Gasteiger partial charge in [0, 0.05) is 15.6 Å². The van der Waals surface area contributed by atoms with E-state index in [1.54, 1.807) is 0 Å². The normalized spacial score (nSPS) is 9.47. The first-order valence-electron chi connectivity index (χ1n) is 1.79. The molecule has 15 heteroatoms. The average Bonchev–Trinajstić information content (AvgIpc) is 1.86. The summed E-state index contributed by atoms with van der Waals surface area (Å²) < 4.78 is 22.1. The van der Waals surface area contributed by atoms with E-state index in [9.17, 15) is 0 Å². The second kappa shape index (κ2) is 16.0. The molecule has 0 aliphatic rings. The molecule has 0 aliphatic carbocycles. The first kappa shape index (κ1) is 31.4. The fraction of sp³-hybridized carbons (Fsp3) is 0. The van der Waals surface area contributed by atoms with Crippen molar-refractivity contribution in [2.24, 2.45) is 0 Å². The molecule has 0 bridgehead atoms. The molecule has 0 aliphatic heterocycles. The van der Waals surface area contributed by atoms with Crippen molar-refractivity contribution in [2.75, 3.05) is 0 Å². The van der Waals surface area contributed by atoms with Gasteiger partial charge in [0.05, 0.1) is 0 Å². The topological polar surface area (TPSA) is 191 Å². The van der Waals surface area contributed by atoms with Crippen LogP contribution in [0, 0.1) is 0 Å². The van der Waals surface area contributed by atoms with E-state index in [0.717, 1.165) is 0 Å². The SMILES string of the molecule is O=P([O-])([O-])O[O-].O=P([O-])([O-])O[O-].[Ca+2].[Ca+2].[Ca+2]. The van der Waals surface area contributed by atoms with Crippen molar-refractivity contribution in [3.05, 3.63) is 0 Å². The quantitative estimate of drug-likeness (QED) is 0.201. The van der Waals surface area contributed by atoms with Crippen molar-refractivity contribution in [1.82, 2.24) is 0 Å². The van der Waals surface area contributed by atoms with Gasteiger partial charge in [0.25, 0.3) is 0 Å². The van der Waals surface area contributed by atoms with Gasteiger partial charge >= 0.3 is 113 Å². The van der Waals surface area contributed by atoms with E-state index < -0.39 is 15.6 Å². The molecule has 0 rings (SSSR count). The Bertz CT molecular complexity index is 169. The first-order valence-corrected chi connectivity index (χ1v) is 4.72. The molecule has 0 amide bonds. The molecule has 0 unspecified atom stereocenters. The van der Waals surface area contributed by atoms with Crippen LogP contribution in [0.5, 0.6) is 0 Å². The van der Waals surface area contributed by atoms with Crippen LogP contribution in [0.25, 0.3) is 0 Å². The van der Waals surface area contributed by atoms with Crippen molar-refractivity contribution in [1.29, 1.82) is 0 Å². The van der Waals surface area contributed by atoms with Crippen molar-refractivity contribution in [3.8, 4) is 0 Å². The Kier molecular flexibility index (Phi) is 33.4. The van der Waals surface area contributed by atoms with Crippen LogP contribution in [-0.4, -0.2) is 113 Å². The Balaban J connectivity index is -0.0000000370. The third-order valence-electron chi connectivity index (χ3n) is 0.183. The van der Waals surface area contributed by atoms with Gasteiger partial charge in [-0.15, -0.1) is 0 Å². The van der Waals surface area contributed by atoms with E-state index in [0.29, 0.717) is 0 Å². The third kappa shape index (κ3) is 46.2. The maximum Gasteiger partial charge on any atom is 2.00 e. The summed E-state index contributed by atoms with van der Waals surface area (Å²) in [6.45, 7) is 0. The summed E-state index contributed by atoms with van der Waals surface area (Å²) in [5.41, 5.74) is 0. The fourth-order valence-corrected chi connectivity index (χ4v) is 0. The smallest absolute Gasteiger partial charge is 0.790 e. The zero-order chi connectivity index (χ0) is 10.4. The molecule has 0 aromatic rings. The molecule has 0 heterocycles. The summed E-state index contributed by atoms with van der Waals surface area (Å²) >= 11 is 0. The molecule has 0 saturated carbocycles. The van der Waals surface area contributed by atoms with Crippen molar-refractivity contribution in [3.63, 3.8) is 0 Å². The van der Waals surface area contributed by atoms with Gasteiger partial charge in [-0.25, -0.2) is 0 Å². The zero-order valence-corrected chi connectivity index (χ0v) is 15.5. The molecule has 15 heavy (non-hydrogen) atoms. The van der Waals surface area contributed by atoms with Crippen LogP contribution < -0.4 is 30.1 Å². The number of hydrogen-bond donors (Lipinski definition) is 0. The molecule has 0 fully saturated rings. The van der Waals surface area contributed by atoms with Crippen molar-refractivity contribution < 1.29 is 48.6 Å². The molecular formula is Ca3O10P2. The van der Waals surface area contributed by atoms with Crippen molar-refractivity contribution >= 4 is 129 Å². The summed E-state index contributed by atoms with van der Waals surface area (Å²) in [5, 5.41) is 17.1. The van der Waals surface area contributed by atoms with E-state index in [2.05, 4.69) is 9.35 Å². The standard InChI is InChI=1S/3Ca.2H3O5P/c;;;2*1-5-6(2,3)4/h;;;2*1H,(H2,2,3,4)/q3*+2;;/p-6. The molecule has 0 saturated heterocycles. The Morgan fingerprint density at radius 2 is 0.733 bits per heavy atom. The van der Waals surface area contributed by atoms with Gasteiger partial charge < -0.3 is 48.6 Å². The van der Waals surface area contributed by atoms with Gasteiger partial charge in [0.1, 0.15) is 0 Å². The van der Waals surface area contributed by atoms with Gasteiger partial charge in [0.2, 0.25) is 0 Å². The molecule has 0 atom stereocenters. The average molecular weight is 342 g/mol. The zero-order valence-electron chi connectivity index (χ0n) is 7.10. The molecular weight excluding hydrogens is 342 g/mol. The molecule has 0 aromatic heterocycles. The van der Waals surface area contributed by atoms with E-state index in [4.69, 9.17) is 39.2 Å². The van der Waals surface area contributed by atoms with Crippen LogP contribution in [0.2, 0.25) is 0 Å². The molecule has 76 valence electrons. The summed E-state index contributed by atoms with van der Waals surface area (Å²) in [6, 6.07) is 0. The Morgan fingerprint density at radius 3 is 0.733 bits per heavy atom. The summed E-state index contributed by atoms with van der Waals surface area (Å²) in [7, 11) is -10.4. The molecule has 10 nitrogen and oxygen atoms in total. The first-order chi connectivity index (χ1) is 5.12. The largest absolute Gasteiger partial charge is 2.00 e. The predicted molar refractivity (Wildman–Crippen MR) is 34.6 cm³/mol. The van der Waals surface area contributed by atoms with E-state index in [1.807, 2.05) is 0 Å². The minimum atomic E-state index is -5.20. The number of phosphoric acid groups is 2. The second-order valence-corrected chi connectivity index (χ2v) is 3.13. The van der Waals surface area contributed by atoms with Crippen LogP contribution in [-0.2, 0) is 18.5 Å². The van der Waals surface area contributed by atoms with Gasteiger partial charge in [-0.3, -0.25) is 0 Å². The molecule has 0 aromatic carbocycles. The van der Waals surface area contributed by atoms with Gasteiger partial charge in [0.15, 0.2) is 0 Å². The van der Waals surface area contributed by atoms with Crippen LogP contribution in [0.3, 0.4) is 0 Å². The summed E-state index contributed by atoms with van der Waals surface area (Å²) in [6.07, 6.45) is 0. The minimum absolute atomic E-state index is 0. The Labute approximate surface area is 174 Å². The predicted octanol–water partition coefficient (Wildman–Crippen LogP) is -6.93. The maximum atomic E-state index is 8.94. The fourth-order valence-electron chi connectivity index (χ4n) is 0. The van der Waals surface area contributed by atoms with Crippen molar-refractivity contribution in [2.45, 2.75) is 0 Å². The van der Waals surface area contributed by atoms with E-state index in [-0.39, 0.29) is 113 Å². The Morgan fingerprint density at radius 1 is 0.667 bits per heavy atom. The maximum absolute atomic E-state index is 8.94. The van der Waals surface area contributed by atoms with Crippen LogP contribution in [0.15, 0.2) is 0 Å². The third-order valence-corrected chi connectivity index (χ3v) is 0.548. The molecule has 0 N–H and O–H groups in total. The summed E-state index contributed by atoms with van der Waals surface area (Å²) in [4.78, 5) is 35.8. The van der Waals surface area contributed by atoms with Gasteiger partial charge in [-0.2, -0.15) is 0 Å². The van der Waals surface area contributed by atoms with Crippen LogP contribution in [0.1, 0.15) is 0 Å². The number of hydrogen-bond acceptors (Lipinski definition) is 10. The minimum Gasteiger partial charge on any atom is -0.790 e. The Hall–Kier alpha value is 3.92. The van der Waals surface area contributed by atoms with Gasteiger partial charge in [-0.1, -0.05) is 0 Å². The number of rotatable bonds is 2. The molecule has 0 spiro atoms. The van der Waals surface area contributed by atoms with E-state index >= 15 is 0 Å². The van der Waals surface area contributed by atoms with Gasteiger partial charge in [-0.05, 0) is 0 Å². The second-order valence-electron chi connectivity index (χ2n) is 1.04. The summed E-state index contributed by atoms with van der Waals surface area (Å²) in [5.74, 6) is 0. The molecule has 0 radical (unpaired) electrons. The van der Waals surface area contributed by atoms with Crippen LogP contribution in [0.4, 0.5) is 0 Å². The monoisotopic (exact) mass is 342 g/mol.